The van der Waals surface area contributed by atoms with Crippen molar-refractivity contribution in [2.75, 3.05) is 11.9 Å². The standard InChI is InChI=1S/C15H16F3N3O4/c1-2-20(14(23)15(16,17)18)8-9-4-3-5-10(6-9)19-13(22)11-7-12(11)21(24)25/h3-6,11-12H,2,7-8H2,1H3,(H,19,22). The molecule has 25 heavy (non-hydrogen) atoms. The van der Waals surface area contributed by atoms with Crippen molar-refractivity contribution in [2.45, 2.75) is 32.1 Å². The zero-order valence-electron chi connectivity index (χ0n) is 13.2. The van der Waals surface area contributed by atoms with Crippen molar-refractivity contribution >= 4 is 17.5 Å². The summed E-state index contributed by atoms with van der Waals surface area (Å²) in [7, 11) is 0. The summed E-state index contributed by atoms with van der Waals surface area (Å²) >= 11 is 0. The van der Waals surface area contributed by atoms with Crippen LogP contribution in [-0.2, 0) is 16.1 Å². The lowest BCUT2D eigenvalue weighted by molar-refractivity contribution is -0.497. The Morgan fingerprint density at radius 2 is 2.08 bits per heavy atom. The first-order valence-electron chi connectivity index (χ1n) is 7.53. The van der Waals surface area contributed by atoms with E-state index in [4.69, 9.17) is 0 Å². The van der Waals surface area contributed by atoms with E-state index < -0.39 is 34.9 Å². The highest BCUT2D eigenvalue weighted by atomic mass is 19.4. The molecule has 1 aliphatic rings. The second-order valence-electron chi connectivity index (χ2n) is 5.70. The second kappa shape index (κ2) is 7.08. The van der Waals surface area contributed by atoms with Crippen molar-refractivity contribution in [1.82, 2.24) is 4.90 Å². The SMILES string of the molecule is CCN(Cc1cccc(NC(=O)C2CC2[N+](=O)[O-])c1)C(=O)C(F)(F)F. The molecule has 1 aromatic carbocycles. The largest absolute Gasteiger partial charge is 0.471 e. The molecule has 2 amide bonds. The summed E-state index contributed by atoms with van der Waals surface area (Å²) in [5.74, 6) is -3.13. The highest BCUT2D eigenvalue weighted by Gasteiger charge is 2.53. The van der Waals surface area contributed by atoms with Crippen LogP contribution in [0.15, 0.2) is 24.3 Å². The van der Waals surface area contributed by atoms with Gasteiger partial charge in [0.15, 0.2) is 0 Å². The number of anilines is 1. The maximum atomic E-state index is 12.5. The number of carbonyl (C=O) groups is 2. The molecule has 1 saturated carbocycles. The first-order chi connectivity index (χ1) is 11.6. The Kier molecular flexibility index (Phi) is 5.29. The molecule has 1 fully saturated rings. The van der Waals surface area contributed by atoms with E-state index in [0.29, 0.717) is 16.2 Å². The zero-order valence-corrected chi connectivity index (χ0v) is 13.2. The van der Waals surface area contributed by atoms with Crippen molar-refractivity contribution < 1.29 is 27.7 Å². The third kappa shape index (κ3) is 4.68. The van der Waals surface area contributed by atoms with E-state index in [1.54, 1.807) is 0 Å². The van der Waals surface area contributed by atoms with E-state index in [-0.39, 0.29) is 19.5 Å². The van der Waals surface area contributed by atoms with Crippen LogP contribution in [0.4, 0.5) is 18.9 Å². The van der Waals surface area contributed by atoms with Crippen molar-refractivity contribution in [3.05, 3.63) is 39.9 Å². The minimum absolute atomic E-state index is 0.123. The molecule has 2 unspecified atom stereocenters. The van der Waals surface area contributed by atoms with Gasteiger partial charge in [0, 0.05) is 30.1 Å². The molecule has 0 saturated heterocycles. The molecule has 1 aliphatic carbocycles. The molecular weight excluding hydrogens is 343 g/mol. The van der Waals surface area contributed by atoms with E-state index in [0.717, 1.165) is 0 Å². The Morgan fingerprint density at radius 1 is 1.40 bits per heavy atom. The van der Waals surface area contributed by atoms with Gasteiger partial charge in [0.2, 0.25) is 11.9 Å². The fourth-order valence-corrected chi connectivity index (χ4v) is 2.41. The van der Waals surface area contributed by atoms with E-state index in [1.807, 2.05) is 0 Å². The van der Waals surface area contributed by atoms with E-state index in [9.17, 15) is 32.9 Å². The van der Waals surface area contributed by atoms with Gasteiger partial charge < -0.3 is 10.2 Å². The minimum Gasteiger partial charge on any atom is -0.331 e. The molecule has 1 N–H and O–H groups in total. The predicted molar refractivity (Wildman–Crippen MR) is 81.1 cm³/mol. The summed E-state index contributed by atoms with van der Waals surface area (Å²) < 4.78 is 37.6. The molecule has 0 radical (unpaired) electrons. The molecule has 0 aromatic heterocycles. The topological polar surface area (TPSA) is 92.6 Å². The van der Waals surface area contributed by atoms with Crippen molar-refractivity contribution in [3.63, 3.8) is 0 Å². The number of nitrogens with one attached hydrogen (secondary N) is 1. The lowest BCUT2D eigenvalue weighted by atomic mass is 10.1. The maximum absolute atomic E-state index is 12.5. The van der Waals surface area contributed by atoms with Gasteiger partial charge in [-0.2, -0.15) is 13.2 Å². The van der Waals surface area contributed by atoms with Gasteiger partial charge in [0.25, 0.3) is 0 Å². The van der Waals surface area contributed by atoms with Crippen molar-refractivity contribution in [2.24, 2.45) is 5.92 Å². The first-order valence-corrected chi connectivity index (χ1v) is 7.53. The Bertz CT molecular complexity index is 693. The first kappa shape index (κ1) is 18.7. The molecule has 0 heterocycles. The third-order valence-electron chi connectivity index (χ3n) is 3.84. The van der Waals surface area contributed by atoms with Gasteiger partial charge in [-0.1, -0.05) is 12.1 Å². The van der Waals surface area contributed by atoms with Crippen LogP contribution in [0.2, 0.25) is 0 Å². The van der Waals surface area contributed by atoms with Crippen molar-refractivity contribution in [1.29, 1.82) is 0 Å². The van der Waals surface area contributed by atoms with E-state index in [1.165, 1.54) is 31.2 Å². The maximum Gasteiger partial charge on any atom is 0.471 e. The molecule has 0 bridgehead atoms. The number of carbonyl (C=O) groups excluding carboxylic acids is 2. The fraction of sp³-hybridized carbons (Fsp3) is 0.467. The summed E-state index contributed by atoms with van der Waals surface area (Å²) in [6.45, 7) is 1.04. The van der Waals surface area contributed by atoms with E-state index in [2.05, 4.69) is 5.32 Å². The van der Waals surface area contributed by atoms with Crippen molar-refractivity contribution in [3.8, 4) is 0 Å². The van der Waals surface area contributed by atoms with E-state index >= 15 is 0 Å². The van der Waals surface area contributed by atoms with Crippen LogP contribution in [-0.4, -0.2) is 40.4 Å². The van der Waals surface area contributed by atoms with Gasteiger partial charge in [-0.05, 0) is 24.6 Å². The number of nitrogens with zero attached hydrogens (tertiary/aromatic N) is 2. The average molecular weight is 359 g/mol. The number of nitro groups is 1. The number of hydrogen-bond acceptors (Lipinski definition) is 4. The minimum atomic E-state index is -4.95. The lowest BCUT2D eigenvalue weighted by Gasteiger charge is -2.22. The Hall–Kier alpha value is -2.65. The molecule has 136 valence electrons. The summed E-state index contributed by atoms with van der Waals surface area (Å²) in [6.07, 6.45) is -4.78. The van der Waals surface area contributed by atoms with Crippen LogP contribution < -0.4 is 5.32 Å². The van der Waals surface area contributed by atoms with Gasteiger partial charge in [0.1, 0.15) is 5.92 Å². The molecule has 7 nitrogen and oxygen atoms in total. The third-order valence-corrected chi connectivity index (χ3v) is 3.84. The molecule has 2 atom stereocenters. The fourth-order valence-electron chi connectivity index (χ4n) is 2.41. The second-order valence-corrected chi connectivity index (χ2v) is 5.70. The molecular formula is C15H16F3N3O4. The van der Waals surface area contributed by atoms with Gasteiger partial charge >= 0.3 is 12.1 Å². The van der Waals surface area contributed by atoms with Crippen LogP contribution in [0, 0.1) is 16.0 Å². The van der Waals surface area contributed by atoms with Gasteiger partial charge in [-0.15, -0.1) is 0 Å². The van der Waals surface area contributed by atoms with Crippen LogP contribution >= 0.6 is 0 Å². The summed E-state index contributed by atoms with van der Waals surface area (Å²) in [4.78, 5) is 33.9. The summed E-state index contributed by atoms with van der Waals surface area (Å²) in [5.41, 5.74) is 0.714. The van der Waals surface area contributed by atoms with Gasteiger partial charge in [-0.25, -0.2) is 0 Å². The molecule has 0 aliphatic heterocycles. The van der Waals surface area contributed by atoms with Crippen LogP contribution in [0.25, 0.3) is 0 Å². The Balaban J connectivity index is 2.02. The average Bonchev–Trinajstić information content (AvgIpc) is 3.32. The van der Waals surface area contributed by atoms with Crippen LogP contribution in [0.1, 0.15) is 18.9 Å². The quantitative estimate of drug-likeness (QED) is 0.622. The van der Waals surface area contributed by atoms with Gasteiger partial charge in [-0.3, -0.25) is 19.7 Å². The lowest BCUT2D eigenvalue weighted by Crippen LogP contribution is -2.40. The molecule has 2 rings (SSSR count). The van der Waals surface area contributed by atoms with Crippen LogP contribution in [0.3, 0.4) is 0 Å². The number of halogens is 3. The zero-order chi connectivity index (χ0) is 18.8. The summed E-state index contributed by atoms with van der Waals surface area (Å²) in [6, 6.07) is 5.12. The molecule has 0 spiro atoms. The Labute approximate surface area is 140 Å². The Morgan fingerprint density at radius 3 is 2.60 bits per heavy atom. The number of benzene rings is 1. The van der Waals surface area contributed by atoms with Gasteiger partial charge in [0.05, 0.1) is 0 Å². The predicted octanol–water partition coefficient (Wildman–Crippen LogP) is 2.20. The number of rotatable bonds is 6. The normalized spacial score (nSPS) is 19.2. The molecule has 1 aromatic rings. The highest BCUT2D eigenvalue weighted by Crippen LogP contribution is 2.34. The highest BCUT2D eigenvalue weighted by molar-refractivity contribution is 5.94. The van der Waals surface area contributed by atoms with Crippen LogP contribution in [0.5, 0.6) is 0 Å². The number of alkyl halides is 3. The monoisotopic (exact) mass is 359 g/mol. The summed E-state index contributed by atoms with van der Waals surface area (Å²) in [5, 5.41) is 13.1. The number of amides is 2. The number of hydrogen-bond donors (Lipinski definition) is 1. The molecule has 10 heteroatoms. The smallest absolute Gasteiger partial charge is 0.331 e.